The first-order chi connectivity index (χ1) is 9.96. The summed E-state index contributed by atoms with van der Waals surface area (Å²) in [4.78, 5) is 3.66. The van der Waals surface area contributed by atoms with E-state index >= 15 is 0 Å². The van der Waals surface area contributed by atoms with Crippen LogP contribution in [0.2, 0.25) is 5.02 Å². The van der Waals surface area contributed by atoms with Crippen LogP contribution >= 0.6 is 11.6 Å². The van der Waals surface area contributed by atoms with Crippen LogP contribution in [0.25, 0.3) is 0 Å². The minimum Gasteiger partial charge on any atom is -0.263 e. The van der Waals surface area contributed by atoms with Crippen molar-refractivity contribution in [2.24, 2.45) is 0 Å². The highest BCUT2D eigenvalue weighted by Crippen LogP contribution is 2.24. The molecule has 0 fully saturated rings. The van der Waals surface area contributed by atoms with Gasteiger partial charge in [0.1, 0.15) is 16.8 Å². The number of sulfonamides is 1. The Bertz CT molecular complexity index is 865. The third-order valence-electron chi connectivity index (χ3n) is 2.48. The van der Waals surface area contributed by atoms with E-state index in [-0.39, 0.29) is 21.3 Å². The molecule has 0 aliphatic rings. The molecule has 0 unspecified atom stereocenters. The van der Waals surface area contributed by atoms with E-state index < -0.39 is 10.0 Å². The minimum atomic E-state index is -3.93. The molecule has 0 bridgehead atoms. The van der Waals surface area contributed by atoms with E-state index in [1.54, 1.807) is 0 Å². The molecular formula is C13H7ClN4O2S. The smallest absolute Gasteiger partial charge is 0.263 e. The molecule has 0 amide bonds. The van der Waals surface area contributed by atoms with Gasteiger partial charge in [-0.3, -0.25) is 4.72 Å². The molecular weight excluding hydrogens is 312 g/mol. The summed E-state index contributed by atoms with van der Waals surface area (Å²) in [6.45, 7) is 0. The summed E-state index contributed by atoms with van der Waals surface area (Å²) in [7, 11) is -3.93. The van der Waals surface area contributed by atoms with E-state index in [2.05, 4.69) is 9.71 Å². The molecule has 1 heterocycles. The first-order valence-electron chi connectivity index (χ1n) is 5.55. The van der Waals surface area contributed by atoms with E-state index in [0.717, 1.165) is 0 Å². The summed E-state index contributed by atoms with van der Waals surface area (Å²) < 4.78 is 26.6. The molecule has 1 aromatic carbocycles. The fraction of sp³-hybridized carbons (Fsp3) is 0. The van der Waals surface area contributed by atoms with Crippen LogP contribution in [0.4, 0.5) is 5.82 Å². The quantitative estimate of drug-likeness (QED) is 0.934. The lowest BCUT2D eigenvalue weighted by atomic mass is 10.2. The predicted octanol–water partition coefficient (Wildman–Crippen LogP) is 2.28. The molecule has 1 aromatic heterocycles. The van der Waals surface area contributed by atoms with Gasteiger partial charge in [0.25, 0.3) is 10.0 Å². The highest BCUT2D eigenvalue weighted by Gasteiger charge is 2.18. The molecule has 0 saturated carbocycles. The van der Waals surface area contributed by atoms with Gasteiger partial charge in [-0.05, 0) is 30.3 Å². The van der Waals surface area contributed by atoms with Crippen LogP contribution in [0.15, 0.2) is 41.4 Å². The highest BCUT2D eigenvalue weighted by atomic mass is 35.5. The lowest BCUT2D eigenvalue weighted by Gasteiger charge is -2.08. The second-order valence-electron chi connectivity index (χ2n) is 3.91. The Morgan fingerprint density at radius 1 is 1.10 bits per heavy atom. The minimum absolute atomic E-state index is 0.0600. The van der Waals surface area contributed by atoms with Crippen molar-refractivity contribution in [1.82, 2.24) is 4.98 Å². The zero-order chi connectivity index (χ0) is 15.5. The fourth-order valence-corrected chi connectivity index (χ4v) is 3.06. The monoisotopic (exact) mass is 318 g/mol. The molecule has 0 radical (unpaired) electrons. The summed E-state index contributed by atoms with van der Waals surface area (Å²) in [5.74, 6) is 0.0643. The van der Waals surface area contributed by atoms with Gasteiger partial charge in [0.15, 0.2) is 0 Å². The molecule has 0 spiro atoms. The van der Waals surface area contributed by atoms with E-state index in [1.807, 2.05) is 12.1 Å². The number of hydrogen-bond acceptors (Lipinski definition) is 5. The second kappa shape index (κ2) is 5.80. The van der Waals surface area contributed by atoms with Gasteiger partial charge in [-0.25, -0.2) is 13.4 Å². The lowest BCUT2D eigenvalue weighted by molar-refractivity contribution is 0.601. The van der Waals surface area contributed by atoms with Gasteiger partial charge >= 0.3 is 0 Å². The third-order valence-corrected chi connectivity index (χ3v) is 4.32. The van der Waals surface area contributed by atoms with Crippen molar-refractivity contribution in [2.45, 2.75) is 4.90 Å². The number of hydrogen-bond donors (Lipinski definition) is 1. The van der Waals surface area contributed by atoms with E-state index in [4.69, 9.17) is 22.1 Å². The normalized spacial score (nSPS) is 10.4. The summed E-state index contributed by atoms with van der Waals surface area (Å²) in [5.41, 5.74) is 0.574. The van der Waals surface area contributed by atoms with Crippen molar-refractivity contribution >= 4 is 27.4 Å². The van der Waals surface area contributed by atoms with Crippen LogP contribution in [-0.2, 0) is 10.0 Å². The summed E-state index contributed by atoms with van der Waals surface area (Å²) in [6.07, 6.45) is 1.25. The van der Waals surface area contributed by atoms with Crippen molar-refractivity contribution < 1.29 is 8.42 Å². The summed E-state index contributed by atoms with van der Waals surface area (Å²) in [5, 5.41) is 17.3. The molecule has 1 N–H and O–H groups in total. The van der Waals surface area contributed by atoms with Crippen molar-refractivity contribution in [1.29, 1.82) is 10.5 Å². The van der Waals surface area contributed by atoms with Crippen LogP contribution in [0, 0.1) is 22.7 Å². The van der Waals surface area contributed by atoms with Gasteiger partial charge in [0.2, 0.25) is 0 Å². The Kier molecular flexibility index (Phi) is 4.08. The van der Waals surface area contributed by atoms with Crippen molar-refractivity contribution in [3.05, 3.63) is 52.7 Å². The van der Waals surface area contributed by atoms with Crippen LogP contribution in [-0.4, -0.2) is 13.4 Å². The van der Waals surface area contributed by atoms with Crippen LogP contribution in [0.1, 0.15) is 11.1 Å². The molecule has 0 aliphatic heterocycles. The molecule has 21 heavy (non-hydrogen) atoms. The topological polar surface area (TPSA) is 107 Å². The van der Waals surface area contributed by atoms with Crippen molar-refractivity contribution in [3.63, 3.8) is 0 Å². The number of nitrogens with one attached hydrogen (secondary N) is 1. The van der Waals surface area contributed by atoms with Gasteiger partial charge in [0.05, 0.1) is 22.2 Å². The number of rotatable bonds is 3. The van der Waals surface area contributed by atoms with Crippen LogP contribution in [0.3, 0.4) is 0 Å². The highest BCUT2D eigenvalue weighted by molar-refractivity contribution is 7.92. The largest absolute Gasteiger partial charge is 0.264 e. The number of halogens is 1. The molecule has 0 aliphatic carbocycles. The van der Waals surface area contributed by atoms with Crippen LogP contribution < -0.4 is 4.72 Å². The molecule has 2 rings (SSSR count). The van der Waals surface area contributed by atoms with Gasteiger partial charge in [0, 0.05) is 6.20 Å². The summed E-state index contributed by atoms with van der Waals surface area (Å²) in [6, 6.07) is 10.4. The predicted molar refractivity (Wildman–Crippen MR) is 75.9 cm³/mol. The number of nitriles is 2. The maximum Gasteiger partial charge on any atom is 0.264 e. The SMILES string of the molecule is N#Cc1ccc(NS(=O)(=O)c2ccc(C#N)cc2Cl)nc1. The van der Waals surface area contributed by atoms with Crippen molar-refractivity contribution in [2.75, 3.05) is 4.72 Å². The Labute approximate surface area is 126 Å². The average molecular weight is 319 g/mol. The molecule has 2 aromatic rings. The Hall–Kier alpha value is -2.61. The second-order valence-corrected chi connectivity index (χ2v) is 5.96. The first kappa shape index (κ1) is 14.8. The number of aromatic nitrogens is 1. The lowest BCUT2D eigenvalue weighted by Crippen LogP contribution is -2.14. The standard InChI is InChI=1S/C13H7ClN4O2S/c14-11-5-9(6-15)1-3-12(11)21(19,20)18-13-4-2-10(7-16)8-17-13/h1-5,8H,(H,17,18). The van der Waals surface area contributed by atoms with E-state index in [9.17, 15) is 8.42 Å². The van der Waals surface area contributed by atoms with Crippen LogP contribution in [0.5, 0.6) is 0 Å². The molecule has 104 valence electrons. The molecule has 0 saturated heterocycles. The summed E-state index contributed by atoms with van der Waals surface area (Å²) >= 11 is 5.87. The van der Waals surface area contributed by atoms with Crippen molar-refractivity contribution in [3.8, 4) is 12.1 Å². The maximum absolute atomic E-state index is 12.2. The average Bonchev–Trinajstić information content (AvgIpc) is 2.47. The van der Waals surface area contributed by atoms with Gasteiger partial charge in [-0.1, -0.05) is 11.6 Å². The molecule has 8 heteroatoms. The number of nitrogens with zero attached hydrogens (tertiary/aromatic N) is 3. The van der Waals surface area contributed by atoms with Gasteiger partial charge < -0.3 is 0 Å². The maximum atomic E-state index is 12.2. The first-order valence-corrected chi connectivity index (χ1v) is 7.41. The molecule has 0 atom stereocenters. The number of benzene rings is 1. The fourth-order valence-electron chi connectivity index (χ4n) is 1.50. The Balaban J connectivity index is 2.34. The molecule has 6 nitrogen and oxygen atoms in total. The Morgan fingerprint density at radius 3 is 2.29 bits per heavy atom. The Morgan fingerprint density at radius 2 is 1.76 bits per heavy atom. The van der Waals surface area contributed by atoms with Gasteiger partial charge in [-0.15, -0.1) is 0 Å². The zero-order valence-electron chi connectivity index (χ0n) is 10.4. The number of anilines is 1. The number of pyridine rings is 1. The third kappa shape index (κ3) is 3.29. The van der Waals surface area contributed by atoms with Gasteiger partial charge in [-0.2, -0.15) is 10.5 Å². The zero-order valence-corrected chi connectivity index (χ0v) is 12.0. The van der Waals surface area contributed by atoms with E-state index in [0.29, 0.717) is 5.56 Å². The van der Waals surface area contributed by atoms with E-state index in [1.165, 1.54) is 36.5 Å².